The largest absolute Gasteiger partial charge is 0.491 e. The molecule has 104 valence electrons. The van der Waals surface area contributed by atoms with Crippen LogP contribution in [0.1, 0.15) is 12.0 Å². The lowest BCUT2D eigenvalue weighted by atomic mass is 10.0. The van der Waals surface area contributed by atoms with E-state index < -0.39 is 6.04 Å². The molecule has 1 amide bonds. The molecule has 0 saturated carbocycles. The standard InChI is InChI=1S/C14H20N2O2S/c1-19-7-6-12(15)14(17)16-11-8-10-4-2-3-5-13(10)18-9-11/h2-5,11-12H,6-9,15H2,1H3,(H,16,17)/t11?,12-/m0/s1. The average Bonchev–Trinajstić information content (AvgIpc) is 2.44. The van der Waals surface area contributed by atoms with Crippen molar-refractivity contribution in [1.29, 1.82) is 0 Å². The van der Waals surface area contributed by atoms with Gasteiger partial charge in [0.05, 0.1) is 12.1 Å². The topological polar surface area (TPSA) is 64.4 Å². The van der Waals surface area contributed by atoms with Crippen molar-refractivity contribution < 1.29 is 9.53 Å². The Morgan fingerprint density at radius 1 is 1.58 bits per heavy atom. The zero-order valence-electron chi connectivity index (χ0n) is 11.1. The lowest BCUT2D eigenvalue weighted by molar-refractivity contribution is -0.123. The minimum Gasteiger partial charge on any atom is -0.491 e. The van der Waals surface area contributed by atoms with Crippen molar-refractivity contribution in [3.63, 3.8) is 0 Å². The number of amides is 1. The van der Waals surface area contributed by atoms with Crippen LogP contribution in [0.3, 0.4) is 0 Å². The van der Waals surface area contributed by atoms with E-state index in [0.29, 0.717) is 13.0 Å². The van der Waals surface area contributed by atoms with Crippen LogP contribution < -0.4 is 15.8 Å². The van der Waals surface area contributed by atoms with Crippen LogP contribution >= 0.6 is 11.8 Å². The van der Waals surface area contributed by atoms with E-state index in [9.17, 15) is 4.79 Å². The normalized spacial score (nSPS) is 19.2. The van der Waals surface area contributed by atoms with Gasteiger partial charge >= 0.3 is 0 Å². The number of para-hydroxylation sites is 1. The van der Waals surface area contributed by atoms with E-state index in [1.165, 1.54) is 0 Å². The van der Waals surface area contributed by atoms with Crippen molar-refractivity contribution in [2.75, 3.05) is 18.6 Å². The van der Waals surface area contributed by atoms with Gasteiger partial charge in [0, 0.05) is 0 Å². The van der Waals surface area contributed by atoms with Gasteiger partial charge in [0.25, 0.3) is 0 Å². The maximum Gasteiger partial charge on any atom is 0.237 e. The first kappa shape index (κ1) is 14.2. The molecule has 4 nitrogen and oxygen atoms in total. The lowest BCUT2D eigenvalue weighted by Gasteiger charge is -2.27. The number of nitrogens with one attached hydrogen (secondary N) is 1. The number of fused-ring (bicyclic) bond motifs is 1. The molecule has 0 radical (unpaired) electrons. The van der Waals surface area contributed by atoms with E-state index in [1.807, 2.05) is 30.5 Å². The number of benzene rings is 1. The van der Waals surface area contributed by atoms with Crippen LogP contribution in [0.25, 0.3) is 0 Å². The highest BCUT2D eigenvalue weighted by Crippen LogP contribution is 2.23. The third-order valence-corrected chi connectivity index (χ3v) is 3.84. The van der Waals surface area contributed by atoms with Crippen molar-refractivity contribution in [2.24, 2.45) is 5.73 Å². The summed E-state index contributed by atoms with van der Waals surface area (Å²) < 4.78 is 5.64. The third-order valence-electron chi connectivity index (χ3n) is 3.20. The molecule has 0 aliphatic carbocycles. The quantitative estimate of drug-likeness (QED) is 0.850. The summed E-state index contributed by atoms with van der Waals surface area (Å²) in [5.41, 5.74) is 6.98. The molecule has 5 heteroatoms. The van der Waals surface area contributed by atoms with Crippen LogP contribution in [-0.2, 0) is 11.2 Å². The van der Waals surface area contributed by atoms with Gasteiger partial charge in [0.1, 0.15) is 12.4 Å². The summed E-state index contributed by atoms with van der Waals surface area (Å²) in [7, 11) is 0. The second kappa shape index (κ2) is 6.82. The van der Waals surface area contributed by atoms with Crippen LogP contribution in [0, 0.1) is 0 Å². The van der Waals surface area contributed by atoms with Crippen LogP contribution in [0.15, 0.2) is 24.3 Å². The number of hydrogen-bond donors (Lipinski definition) is 2. The first-order valence-electron chi connectivity index (χ1n) is 6.46. The van der Waals surface area contributed by atoms with E-state index in [2.05, 4.69) is 5.32 Å². The molecule has 3 N–H and O–H groups in total. The summed E-state index contributed by atoms with van der Waals surface area (Å²) in [6.45, 7) is 0.512. The van der Waals surface area contributed by atoms with Crippen molar-refractivity contribution in [1.82, 2.24) is 5.32 Å². The summed E-state index contributed by atoms with van der Waals surface area (Å²) in [6, 6.07) is 7.51. The minimum atomic E-state index is -0.426. The van der Waals surface area contributed by atoms with Gasteiger partial charge in [-0.2, -0.15) is 11.8 Å². The van der Waals surface area contributed by atoms with Gasteiger partial charge in [0.2, 0.25) is 5.91 Å². The fraction of sp³-hybridized carbons (Fsp3) is 0.500. The molecule has 1 heterocycles. The number of carbonyl (C=O) groups excluding carboxylic acids is 1. The predicted molar refractivity (Wildman–Crippen MR) is 78.5 cm³/mol. The Balaban J connectivity index is 1.86. The van der Waals surface area contributed by atoms with E-state index in [4.69, 9.17) is 10.5 Å². The van der Waals surface area contributed by atoms with Gasteiger partial charge in [-0.1, -0.05) is 18.2 Å². The molecule has 0 spiro atoms. The Morgan fingerprint density at radius 2 is 2.37 bits per heavy atom. The summed E-state index contributed by atoms with van der Waals surface area (Å²) in [6.07, 6.45) is 3.52. The Bertz CT molecular complexity index is 439. The van der Waals surface area contributed by atoms with Gasteiger partial charge in [0.15, 0.2) is 0 Å². The maximum atomic E-state index is 11.9. The lowest BCUT2D eigenvalue weighted by Crippen LogP contribution is -2.49. The second-order valence-corrected chi connectivity index (χ2v) is 5.70. The van der Waals surface area contributed by atoms with Crippen LogP contribution in [0.4, 0.5) is 0 Å². The van der Waals surface area contributed by atoms with Gasteiger partial charge < -0.3 is 15.8 Å². The van der Waals surface area contributed by atoms with Gasteiger partial charge in [-0.25, -0.2) is 0 Å². The Hall–Kier alpha value is -1.20. The Morgan fingerprint density at radius 3 is 3.16 bits per heavy atom. The van der Waals surface area contributed by atoms with E-state index in [0.717, 1.165) is 23.5 Å². The zero-order chi connectivity index (χ0) is 13.7. The van der Waals surface area contributed by atoms with Crippen LogP contribution in [-0.4, -0.2) is 36.6 Å². The van der Waals surface area contributed by atoms with Crippen molar-refractivity contribution >= 4 is 17.7 Å². The van der Waals surface area contributed by atoms with Crippen molar-refractivity contribution in [3.8, 4) is 5.75 Å². The first-order valence-corrected chi connectivity index (χ1v) is 7.85. The number of rotatable bonds is 5. The highest BCUT2D eigenvalue weighted by atomic mass is 32.2. The first-order chi connectivity index (χ1) is 9.20. The molecule has 1 aliphatic rings. The van der Waals surface area contributed by atoms with Crippen molar-refractivity contribution in [2.45, 2.75) is 24.9 Å². The Kier molecular flexibility index (Phi) is 5.10. The Labute approximate surface area is 118 Å². The van der Waals surface area contributed by atoms with Gasteiger partial charge in [-0.3, -0.25) is 4.79 Å². The third kappa shape index (κ3) is 3.88. The molecule has 0 saturated heterocycles. The zero-order valence-corrected chi connectivity index (χ0v) is 11.9. The summed E-state index contributed by atoms with van der Waals surface area (Å²) in [4.78, 5) is 11.9. The van der Waals surface area contributed by atoms with E-state index >= 15 is 0 Å². The summed E-state index contributed by atoms with van der Waals surface area (Å²) >= 11 is 1.70. The fourth-order valence-electron chi connectivity index (χ4n) is 2.10. The van der Waals surface area contributed by atoms with Crippen molar-refractivity contribution in [3.05, 3.63) is 29.8 Å². The molecule has 19 heavy (non-hydrogen) atoms. The number of carbonyl (C=O) groups is 1. The van der Waals surface area contributed by atoms with Crippen LogP contribution in [0.2, 0.25) is 0 Å². The van der Waals surface area contributed by atoms with Gasteiger partial charge in [-0.15, -0.1) is 0 Å². The molecule has 1 aromatic rings. The number of thioether (sulfide) groups is 1. The average molecular weight is 280 g/mol. The number of ether oxygens (including phenoxy) is 1. The second-order valence-electron chi connectivity index (χ2n) is 4.72. The van der Waals surface area contributed by atoms with Gasteiger partial charge in [-0.05, 0) is 36.5 Å². The highest BCUT2D eigenvalue weighted by molar-refractivity contribution is 7.98. The van der Waals surface area contributed by atoms with E-state index in [-0.39, 0.29) is 11.9 Å². The number of nitrogens with two attached hydrogens (primary N) is 1. The molecule has 0 bridgehead atoms. The molecule has 1 unspecified atom stereocenters. The summed E-state index contributed by atoms with van der Waals surface area (Å²) in [5, 5.41) is 2.97. The number of hydrogen-bond acceptors (Lipinski definition) is 4. The molecule has 2 atom stereocenters. The molecule has 0 aromatic heterocycles. The molecule has 1 aromatic carbocycles. The smallest absolute Gasteiger partial charge is 0.237 e. The monoisotopic (exact) mass is 280 g/mol. The predicted octanol–water partition coefficient (Wildman–Crippen LogP) is 1.19. The molecule has 0 fully saturated rings. The highest BCUT2D eigenvalue weighted by Gasteiger charge is 2.23. The molecular weight excluding hydrogens is 260 g/mol. The summed E-state index contributed by atoms with van der Waals surface area (Å²) in [5.74, 6) is 1.74. The van der Waals surface area contributed by atoms with E-state index in [1.54, 1.807) is 11.8 Å². The van der Waals surface area contributed by atoms with Crippen LogP contribution in [0.5, 0.6) is 5.75 Å². The fourth-order valence-corrected chi connectivity index (χ4v) is 2.59. The molecular formula is C14H20N2O2S. The maximum absolute atomic E-state index is 11.9. The molecule has 1 aliphatic heterocycles. The SMILES string of the molecule is CSCC[C@H](N)C(=O)NC1COc2ccccc2C1. The minimum absolute atomic E-state index is 0.0164. The molecule has 2 rings (SSSR count).